The van der Waals surface area contributed by atoms with Gasteiger partial charge >= 0.3 is 6.03 Å². The molecule has 0 aliphatic carbocycles. The van der Waals surface area contributed by atoms with Crippen LogP contribution in [0.4, 0.5) is 4.79 Å². The third kappa shape index (κ3) is 4.64. The molecular weight excluding hydrogens is 430 g/mol. The van der Waals surface area contributed by atoms with E-state index in [2.05, 4.69) is 10.6 Å². The molecule has 2 aromatic rings. The number of hydrogen-bond donors (Lipinski definition) is 2. The van der Waals surface area contributed by atoms with Crippen LogP contribution < -0.4 is 29.6 Å². The molecule has 176 valence electrons. The van der Waals surface area contributed by atoms with Gasteiger partial charge in [0.25, 0.3) is 5.91 Å². The largest absolute Gasteiger partial charge is 0.497 e. The quantitative estimate of drug-likeness (QED) is 0.552. The van der Waals surface area contributed by atoms with E-state index in [0.29, 0.717) is 34.1 Å². The highest BCUT2D eigenvalue weighted by Crippen LogP contribution is 2.38. The molecule has 1 unspecified atom stereocenters. The molecule has 1 aliphatic rings. The minimum atomic E-state index is -1.28. The summed E-state index contributed by atoms with van der Waals surface area (Å²) < 4.78 is 21.0. The number of nitrogens with zero attached hydrogens (tertiary/aromatic N) is 1. The molecule has 0 aromatic heterocycles. The summed E-state index contributed by atoms with van der Waals surface area (Å²) >= 11 is 0. The Morgan fingerprint density at radius 2 is 1.58 bits per heavy atom. The minimum Gasteiger partial charge on any atom is -0.497 e. The zero-order valence-electron chi connectivity index (χ0n) is 19.2. The molecule has 3 rings (SSSR count). The fourth-order valence-electron chi connectivity index (χ4n) is 3.60. The Morgan fingerprint density at radius 3 is 2.09 bits per heavy atom. The van der Waals surface area contributed by atoms with E-state index in [1.807, 2.05) is 0 Å². The molecule has 10 nitrogen and oxygen atoms in total. The van der Waals surface area contributed by atoms with Crippen LogP contribution in [0.2, 0.25) is 0 Å². The first-order chi connectivity index (χ1) is 15.8. The van der Waals surface area contributed by atoms with Crippen LogP contribution in [-0.2, 0) is 21.7 Å². The smallest absolute Gasteiger partial charge is 0.325 e. The van der Waals surface area contributed by atoms with Crippen molar-refractivity contribution < 1.29 is 33.3 Å². The summed E-state index contributed by atoms with van der Waals surface area (Å²) in [6.07, 6.45) is 0. The molecule has 1 atom stereocenters. The topological polar surface area (TPSA) is 115 Å². The summed E-state index contributed by atoms with van der Waals surface area (Å²) in [4.78, 5) is 38.9. The molecule has 1 saturated heterocycles. The van der Waals surface area contributed by atoms with Crippen LogP contribution in [0.25, 0.3) is 0 Å². The second-order valence-electron chi connectivity index (χ2n) is 7.49. The van der Waals surface area contributed by atoms with E-state index in [4.69, 9.17) is 18.9 Å². The van der Waals surface area contributed by atoms with Crippen LogP contribution >= 0.6 is 0 Å². The molecule has 2 aromatic carbocycles. The highest BCUT2D eigenvalue weighted by molar-refractivity contribution is 6.09. The molecule has 0 saturated carbocycles. The van der Waals surface area contributed by atoms with Gasteiger partial charge in [-0.05, 0) is 42.3 Å². The van der Waals surface area contributed by atoms with Crippen molar-refractivity contribution in [1.29, 1.82) is 0 Å². The second-order valence-corrected chi connectivity index (χ2v) is 7.49. The van der Waals surface area contributed by atoms with Crippen molar-refractivity contribution >= 4 is 17.8 Å². The van der Waals surface area contributed by atoms with E-state index in [1.165, 1.54) is 28.4 Å². The number of hydrogen-bond acceptors (Lipinski definition) is 7. The maximum absolute atomic E-state index is 13.0. The van der Waals surface area contributed by atoms with Crippen LogP contribution in [0.3, 0.4) is 0 Å². The molecule has 1 heterocycles. The minimum absolute atomic E-state index is 0.134. The Hall–Kier alpha value is -3.95. The third-order valence-corrected chi connectivity index (χ3v) is 5.46. The second kappa shape index (κ2) is 9.68. The van der Waals surface area contributed by atoms with Gasteiger partial charge in [0.2, 0.25) is 11.7 Å². The molecule has 0 spiro atoms. The van der Waals surface area contributed by atoms with Gasteiger partial charge in [0.15, 0.2) is 11.5 Å². The number of carbonyl (C=O) groups excluding carboxylic acids is 3. The number of benzene rings is 2. The number of carbonyl (C=O) groups is 3. The lowest BCUT2D eigenvalue weighted by Crippen LogP contribution is -2.43. The predicted molar refractivity (Wildman–Crippen MR) is 119 cm³/mol. The van der Waals surface area contributed by atoms with Crippen molar-refractivity contribution in [1.82, 2.24) is 15.5 Å². The lowest BCUT2D eigenvalue weighted by Gasteiger charge is -2.22. The van der Waals surface area contributed by atoms with Gasteiger partial charge in [-0.15, -0.1) is 0 Å². The zero-order valence-corrected chi connectivity index (χ0v) is 19.2. The number of rotatable bonds is 9. The Kier molecular flexibility index (Phi) is 6.95. The van der Waals surface area contributed by atoms with E-state index in [1.54, 1.807) is 43.3 Å². The van der Waals surface area contributed by atoms with Gasteiger partial charge in [0.1, 0.15) is 17.8 Å². The van der Waals surface area contributed by atoms with Gasteiger partial charge in [-0.2, -0.15) is 0 Å². The first kappa shape index (κ1) is 23.7. The lowest BCUT2D eigenvalue weighted by atomic mass is 9.92. The zero-order chi connectivity index (χ0) is 24.2. The Labute approximate surface area is 191 Å². The normalized spacial score (nSPS) is 17.4. The highest BCUT2D eigenvalue weighted by atomic mass is 16.5. The number of imide groups is 1. The summed E-state index contributed by atoms with van der Waals surface area (Å²) in [5.74, 6) is 0.956. The fourth-order valence-corrected chi connectivity index (χ4v) is 3.60. The molecular formula is C23H27N3O7. The fraction of sp³-hybridized carbons (Fsp3) is 0.348. The maximum Gasteiger partial charge on any atom is 0.325 e. The molecule has 4 amide bonds. The predicted octanol–water partition coefficient (Wildman–Crippen LogP) is 1.80. The van der Waals surface area contributed by atoms with E-state index in [0.717, 1.165) is 4.90 Å². The van der Waals surface area contributed by atoms with Crippen LogP contribution in [0.15, 0.2) is 36.4 Å². The van der Waals surface area contributed by atoms with Gasteiger partial charge in [-0.1, -0.05) is 12.1 Å². The standard InChI is InChI=1S/C23H27N3O7/c1-23(15-6-8-16(30-2)9-7-15)21(28)26(22(29)25-23)13-19(27)24-12-14-10-17(31-3)20(33-5)18(11-14)32-4/h6-11H,12-13H2,1-5H3,(H,24,27)(H,25,29). The number of ether oxygens (including phenoxy) is 4. The summed E-state index contributed by atoms with van der Waals surface area (Å²) in [6, 6.07) is 9.57. The van der Waals surface area contributed by atoms with Gasteiger partial charge in [-0.3, -0.25) is 14.5 Å². The van der Waals surface area contributed by atoms with Crippen molar-refractivity contribution in [2.45, 2.75) is 19.0 Å². The SMILES string of the molecule is COc1ccc(C2(C)NC(=O)N(CC(=O)NCc3cc(OC)c(OC)c(OC)c3)C2=O)cc1. The van der Waals surface area contributed by atoms with Crippen LogP contribution in [-0.4, -0.2) is 57.7 Å². The lowest BCUT2D eigenvalue weighted by molar-refractivity contribution is -0.134. The van der Waals surface area contributed by atoms with Gasteiger partial charge in [0.05, 0.1) is 28.4 Å². The molecule has 2 N–H and O–H groups in total. The van der Waals surface area contributed by atoms with E-state index < -0.39 is 29.9 Å². The Balaban J connectivity index is 1.68. The van der Waals surface area contributed by atoms with Crippen molar-refractivity contribution in [3.63, 3.8) is 0 Å². The average Bonchev–Trinajstić information content (AvgIpc) is 3.05. The van der Waals surface area contributed by atoms with E-state index in [-0.39, 0.29) is 6.54 Å². The number of nitrogens with one attached hydrogen (secondary N) is 2. The molecule has 1 aliphatic heterocycles. The highest BCUT2D eigenvalue weighted by Gasteiger charge is 2.49. The molecule has 10 heteroatoms. The van der Waals surface area contributed by atoms with Crippen molar-refractivity contribution in [2.24, 2.45) is 0 Å². The van der Waals surface area contributed by atoms with Crippen LogP contribution in [0, 0.1) is 0 Å². The average molecular weight is 457 g/mol. The third-order valence-electron chi connectivity index (χ3n) is 5.46. The first-order valence-corrected chi connectivity index (χ1v) is 10.1. The summed E-state index contributed by atoms with van der Waals surface area (Å²) in [5.41, 5.74) is 0.000443. The van der Waals surface area contributed by atoms with Gasteiger partial charge in [-0.25, -0.2) is 4.79 Å². The Morgan fingerprint density at radius 1 is 0.970 bits per heavy atom. The van der Waals surface area contributed by atoms with E-state index in [9.17, 15) is 14.4 Å². The van der Waals surface area contributed by atoms with Crippen molar-refractivity contribution in [3.8, 4) is 23.0 Å². The Bertz CT molecular complexity index is 1030. The molecule has 33 heavy (non-hydrogen) atoms. The van der Waals surface area contributed by atoms with Crippen molar-refractivity contribution in [3.05, 3.63) is 47.5 Å². The molecule has 0 radical (unpaired) electrons. The summed E-state index contributed by atoms with van der Waals surface area (Å²) in [6.45, 7) is 1.32. The number of urea groups is 1. The number of amides is 4. The van der Waals surface area contributed by atoms with E-state index >= 15 is 0 Å². The maximum atomic E-state index is 13.0. The number of methoxy groups -OCH3 is 4. The van der Waals surface area contributed by atoms with Gasteiger partial charge in [0, 0.05) is 6.54 Å². The van der Waals surface area contributed by atoms with Crippen LogP contribution in [0.5, 0.6) is 23.0 Å². The summed E-state index contributed by atoms with van der Waals surface area (Å²) in [7, 11) is 6.03. The van der Waals surface area contributed by atoms with Crippen molar-refractivity contribution in [2.75, 3.05) is 35.0 Å². The van der Waals surface area contributed by atoms with Gasteiger partial charge < -0.3 is 29.6 Å². The monoisotopic (exact) mass is 457 g/mol. The van der Waals surface area contributed by atoms with Crippen LogP contribution in [0.1, 0.15) is 18.1 Å². The first-order valence-electron chi connectivity index (χ1n) is 10.1. The summed E-state index contributed by atoms with van der Waals surface area (Å²) in [5, 5.41) is 5.38. The molecule has 1 fully saturated rings. The molecule has 0 bridgehead atoms.